The molecule has 1 aromatic heterocycles. The van der Waals surface area contributed by atoms with Crippen LogP contribution >= 0.6 is 0 Å². The average Bonchev–Trinajstić information content (AvgIpc) is 2.50. The standard InChI is InChI=1S/C12H18N2O3/c1-7(2)14-8(3)5-10(9(14)4)12(17)13-6-11(15)16/h5,7H,6H2,1-4H3,(H,13,17)(H,15,16). The third kappa shape index (κ3) is 2.87. The summed E-state index contributed by atoms with van der Waals surface area (Å²) in [7, 11) is 0. The molecule has 94 valence electrons. The molecule has 0 saturated heterocycles. The van der Waals surface area contributed by atoms with Gasteiger partial charge < -0.3 is 15.0 Å². The predicted octanol–water partition coefficient (Wildman–Crippen LogP) is 1.50. The van der Waals surface area contributed by atoms with Crippen LogP contribution in [0, 0.1) is 13.8 Å². The number of aromatic nitrogens is 1. The Bertz CT molecular complexity index is 447. The van der Waals surface area contributed by atoms with Crippen LogP contribution in [-0.2, 0) is 4.79 Å². The van der Waals surface area contributed by atoms with Crippen LogP contribution in [0.2, 0.25) is 0 Å². The first-order chi connectivity index (χ1) is 7.84. The summed E-state index contributed by atoms with van der Waals surface area (Å²) in [6.45, 7) is 7.52. The van der Waals surface area contributed by atoms with E-state index in [0.717, 1.165) is 11.4 Å². The maximum absolute atomic E-state index is 11.8. The molecule has 0 aliphatic rings. The number of amides is 1. The van der Waals surface area contributed by atoms with Crippen molar-refractivity contribution < 1.29 is 14.7 Å². The number of carboxylic acids is 1. The minimum absolute atomic E-state index is 0.274. The number of nitrogens with one attached hydrogen (secondary N) is 1. The highest BCUT2D eigenvalue weighted by Crippen LogP contribution is 2.19. The zero-order valence-corrected chi connectivity index (χ0v) is 10.6. The minimum atomic E-state index is -1.05. The number of aryl methyl sites for hydroxylation is 1. The molecule has 5 heteroatoms. The lowest BCUT2D eigenvalue weighted by Gasteiger charge is -2.13. The van der Waals surface area contributed by atoms with Crippen molar-refractivity contribution in [3.63, 3.8) is 0 Å². The Morgan fingerprint density at radius 2 is 2.00 bits per heavy atom. The highest BCUT2D eigenvalue weighted by atomic mass is 16.4. The Morgan fingerprint density at radius 1 is 1.41 bits per heavy atom. The van der Waals surface area contributed by atoms with Crippen LogP contribution in [0.4, 0.5) is 0 Å². The fourth-order valence-electron chi connectivity index (χ4n) is 2.05. The SMILES string of the molecule is Cc1cc(C(=O)NCC(=O)O)c(C)n1C(C)C. The molecule has 0 unspecified atom stereocenters. The number of hydrogen-bond acceptors (Lipinski definition) is 2. The first kappa shape index (κ1) is 13.3. The van der Waals surface area contributed by atoms with Gasteiger partial charge in [-0.05, 0) is 33.8 Å². The number of carbonyl (C=O) groups excluding carboxylic acids is 1. The lowest BCUT2D eigenvalue weighted by molar-refractivity contribution is -0.135. The second-order valence-corrected chi connectivity index (χ2v) is 4.32. The van der Waals surface area contributed by atoms with Gasteiger partial charge in [-0.3, -0.25) is 9.59 Å². The molecule has 0 fully saturated rings. The molecular weight excluding hydrogens is 220 g/mol. The summed E-state index contributed by atoms with van der Waals surface area (Å²) in [6.07, 6.45) is 0. The van der Waals surface area contributed by atoms with E-state index in [4.69, 9.17) is 5.11 Å². The van der Waals surface area contributed by atoms with E-state index in [9.17, 15) is 9.59 Å². The number of carbonyl (C=O) groups is 2. The summed E-state index contributed by atoms with van der Waals surface area (Å²) in [5.74, 6) is -1.39. The quantitative estimate of drug-likeness (QED) is 0.835. The number of rotatable bonds is 4. The van der Waals surface area contributed by atoms with Gasteiger partial charge in [-0.15, -0.1) is 0 Å². The van der Waals surface area contributed by atoms with E-state index >= 15 is 0 Å². The smallest absolute Gasteiger partial charge is 0.322 e. The summed E-state index contributed by atoms with van der Waals surface area (Å²) in [6, 6.07) is 2.06. The molecule has 0 bridgehead atoms. The lowest BCUT2D eigenvalue weighted by Crippen LogP contribution is -2.29. The fourth-order valence-corrected chi connectivity index (χ4v) is 2.05. The van der Waals surface area contributed by atoms with E-state index in [2.05, 4.69) is 9.88 Å². The molecule has 17 heavy (non-hydrogen) atoms. The van der Waals surface area contributed by atoms with Gasteiger partial charge in [-0.1, -0.05) is 0 Å². The first-order valence-corrected chi connectivity index (χ1v) is 5.53. The van der Waals surface area contributed by atoms with E-state index in [-0.39, 0.29) is 18.5 Å². The highest BCUT2D eigenvalue weighted by Gasteiger charge is 2.17. The highest BCUT2D eigenvalue weighted by molar-refractivity contribution is 5.97. The topological polar surface area (TPSA) is 71.3 Å². The summed E-state index contributed by atoms with van der Waals surface area (Å²) >= 11 is 0. The van der Waals surface area contributed by atoms with Crippen LogP contribution in [-0.4, -0.2) is 28.1 Å². The number of aliphatic carboxylic acids is 1. The molecule has 5 nitrogen and oxygen atoms in total. The monoisotopic (exact) mass is 238 g/mol. The first-order valence-electron chi connectivity index (χ1n) is 5.53. The molecular formula is C12H18N2O3. The average molecular weight is 238 g/mol. The number of nitrogens with zero attached hydrogens (tertiary/aromatic N) is 1. The third-order valence-electron chi connectivity index (χ3n) is 2.65. The molecule has 1 aromatic rings. The normalized spacial score (nSPS) is 10.6. The van der Waals surface area contributed by atoms with Gasteiger partial charge in [0.15, 0.2) is 0 Å². The summed E-state index contributed by atoms with van der Waals surface area (Å²) in [5.41, 5.74) is 2.40. The van der Waals surface area contributed by atoms with E-state index in [1.54, 1.807) is 6.07 Å². The molecule has 0 saturated carbocycles. The predicted molar refractivity (Wildman–Crippen MR) is 64.3 cm³/mol. The van der Waals surface area contributed by atoms with Crippen molar-refractivity contribution in [2.45, 2.75) is 33.7 Å². The van der Waals surface area contributed by atoms with Crippen LogP contribution in [0.25, 0.3) is 0 Å². The van der Waals surface area contributed by atoms with Crippen LogP contribution < -0.4 is 5.32 Å². The summed E-state index contributed by atoms with van der Waals surface area (Å²) in [5, 5.41) is 10.9. The van der Waals surface area contributed by atoms with Gasteiger partial charge in [0.2, 0.25) is 0 Å². The summed E-state index contributed by atoms with van der Waals surface area (Å²) in [4.78, 5) is 22.2. The zero-order chi connectivity index (χ0) is 13.2. The minimum Gasteiger partial charge on any atom is -0.480 e. The van der Waals surface area contributed by atoms with Crippen molar-refractivity contribution in [2.24, 2.45) is 0 Å². The van der Waals surface area contributed by atoms with Crippen molar-refractivity contribution in [3.8, 4) is 0 Å². The van der Waals surface area contributed by atoms with Crippen molar-refractivity contribution in [1.82, 2.24) is 9.88 Å². The molecule has 0 spiro atoms. The van der Waals surface area contributed by atoms with Gasteiger partial charge in [0.25, 0.3) is 5.91 Å². The molecule has 1 amide bonds. The van der Waals surface area contributed by atoms with E-state index in [0.29, 0.717) is 5.56 Å². The molecule has 0 aliphatic carbocycles. The fraction of sp³-hybridized carbons (Fsp3) is 0.500. The van der Waals surface area contributed by atoms with Crippen molar-refractivity contribution in [2.75, 3.05) is 6.54 Å². The van der Waals surface area contributed by atoms with Gasteiger partial charge in [0.1, 0.15) is 6.54 Å². The van der Waals surface area contributed by atoms with Gasteiger partial charge in [0.05, 0.1) is 5.56 Å². The van der Waals surface area contributed by atoms with Crippen LogP contribution in [0.15, 0.2) is 6.07 Å². The Balaban J connectivity index is 2.96. The van der Waals surface area contributed by atoms with Crippen LogP contribution in [0.1, 0.15) is 41.6 Å². The molecule has 0 aromatic carbocycles. The van der Waals surface area contributed by atoms with Gasteiger partial charge in [-0.25, -0.2) is 0 Å². The van der Waals surface area contributed by atoms with E-state index in [1.807, 2.05) is 27.7 Å². The van der Waals surface area contributed by atoms with Gasteiger partial charge in [0, 0.05) is 17.4 Å². The Hall–Kier alpha value is -1.78. The summed E-state index contributed by atoms with van der Waals surface area (Å²) < 4.78 is 2.05. The van der Waals surface area contributed by atoms with Crippen LogP contribution in [0.3, 0.4) is 0 Å². The van der Waals surface area contributed by atoms with E-state index < -0.39 is 5.97 Å². The Labute approximate surface area is 100 Å². The molecule has 1 rings (SSSR count). The lowest BCUT2D eigenvalue weighted by atomic mass is 10.2. The number of carboxylic acid groups (broad SMARTS) is 1. The Morgan fingerprint density at radius 3 is 2.41 bits per heavy atom. The maximum Gasteiger partial charge on any atom is 0.322 e. The van der Waals surface area contributed by atoms with Crippen molar-refractivity contribution >= 4 is 11.9 Å². The molecule has 0 atom stereocenters. The van der Waals surface area contributed by atoms with Gasteiger partial charge >= 0.3 is 5.97 Å². The number of hydrogen-bond donors (Lipinski definition) is 2. The van der Waals surface area contributed by atoms with Crippen LogP contribution in [0.5, 0.6) is 0 Å². The van der Waals surface area contributed by atoms with Gasteiger partial charge in [-0.2, -0.15) is 0 Å². The molecule has 1 heterocycles. The molecule has 2 N–H and O–H groups in total. The largest absolute Gasteiger partial charge is 0.480 e. The molecule has 0 radical (unpaired) electrons. The Kier molecular flexibility index (Phi) is 3.93. The second kappa shape index (κ2) is 5.03. The second-order valence-electron chi connectivity index (χ2n) is 4.32. The van der Waals surface area contributed by atoms with Crippen molar-refractivity contribution in [3.05, 3.63) is 23.0 Å². The maximum atomic E-state index is 11.8. The molecule has 0 aliphatic heterocycles. The van der Waals surface area contributed by atoms with Crippen molar-refractivity contribution in [1.29, 1.82) is 0 Å². The van der Waals surface area contributed by atoms with E-state index in [1.165, 1.54) is 0 Å². The third-order valence-corrected chi connectivity index (χ3v) is 2.65. The zero-order valence-electron chi connectivity index (χ0n) is 10.6.